The third kappa shape index (κ3) is 4.55. The van der Waals surface area contributed by atoms with Crippen LogP contribution in [0.25, 0.3) is 0 Å². The normalized spacial score (nSPS) is 17.1. The van der Waals surface area contributed by atoms with Crippen LogP contribution in [-0.2, 0) is 4.74 Å². The van der Waals surface area contributed by atoms with E-state index in [9.17, 15) is 14.4 Å². The third-order valence-corrected chi connectivity index (χ3v) is 6.74. The van der Waals surface area contributed by atoms with Crippen LogP contribution in [0.5, 0.6) is 11.5 Å². The van der Waals surface area contributed by atoms with Crippen molar-refractivity contribution in [2.75, 3.05) is 18.5 Å². The van der Waals surface area contributed by atoms with E-state index in [1.54, 1.807) is 48.5 Å². The molecule has 7 nitrogen and oxygen atoms in total. The molecule has 2 aliphatic rings. The van der Waals surface area contributed by atoms with Crippen molar-refractivity contribution in [3.05, 3.63) is 87.0 Å². The lowest BCUT2D eigenvalue weighted by Gasteiger charge is -2.17. The molecule has 0 spiro atoms. The molecule has 1 saturated heterocycles. The first-order chi connectivity index (χ1) is 16.5. The molecule has 5 rings (SSSR count). The number of benzene rings is 3. The lowest BCUT2D eigenvalue weighted by atomic mass is 10.1. The minimum atomic E-state index is -0.334. The van der Waals surface area contributed by atoms with Gasteiger partial charge in [0.15, 0.2) is 0 Å². The summed E-state index contributed by atoms with van der Waals surface area (Å²) in [6, 6.07) is 19.2. The van der Waals surface area contributed by atoms with E-state index in [4.69, 9.17) is 9.47 Å². The maximum atomic E-state index is 12.9. The second-order valence-electron chi connectivity index (χ2n) is 8.13. The molecule has 1 fully saturated rings. The fourth-order valence-electron chi connectivity index (χ4n) is 4.11. The highest BCUT2D eigenvalue weighted by Gasteiger charge is 2.37. The Bertz CT molecular complexity index is 1290. The topological polar surface area (TPSA) is 84.9 Å². The number of nitrogens with one attached hydrogen (secondary N) is 1. The minimum absolute atomic E-state index is 0.102. The number of rotatable bonds is 6. The summed E-state index contributed by atoms with van der Waals surface area (Å²) in [5.41, 5.74) is 1.86. The Morgan fingerprint density at radius 1 is 1.00 bits per heavy atom. The number of amides is 3. The van der Waals surface area contributed by atoms with E-state index >= 15 is 0 Å². The monoisotopic (exact) mass is 568 g/mol. The van der Waals surface area contributed by atoms with Crippen molar-refractivity contribution in [3.8, 4) is 11.5 Å². The maximum Gasteiger partial charge on any atom is 0.261 e. The smallest absolute Gasteiger partial charge is 0.261 e. The van der Waals surface area contributed by atoms with E-state index in [1.807, 2.05) is 18.2 Å². The molecule has 1 atom stereocenters. The molecule has 0 aromatic heterocycles. The van der Waals surface area contributed by atoms with Gasteiger partial charge in [-0.05, 0) is 77.9 Å². The van der Waals surface area contributed by atoms with Crippen molar-refractivity contribution in [2.24, 2.45) is 0 Å². The molecule has 3 aromatic carbocycles. The predicted octanol–water partition coefficient (Wildman–Crippen LogP) is 5.11. The largest absolute Gasteiger partial charge is 0.457 e. The highest BCUT2D eigenvalue weighted by molar-refractivity contribution is 14.1. The number of ether oxygens (including phenoxy) is 2. The number of halogens is 1. The van der Waals surface area contributed by atoms with E-state index in [0.29, 0.717) is 40.5 Å². The van der Waals surface area contributed by atoms with Crippen LogP contribution >= 0.6 is 22.6 Å². The van der Waals surface area contributed by atoms with Gasteiger partial charge in [-0.3, -0.25) is 19.3 Å². The molecule has 3 aromatic rings. The summed E-state index contributed by atoms with van der Waals surface area (Å²) in [4.78, 5) is 39.5. The van der Waals surface area contributed by atoms with Crippen molar-refractivity contribution in [3.63, 3.8) is 0 Å². The summed E-state index contributed by atoms with van der Waals surface area (Å²) < 4.78 is 12.4. The Hall–Kier alpha value is -3.24. The number of imide groups is 1. The van der Waals surface area contributed by atoms with Gasteiger partial charge >= 0.3 is 0 Å². The predicted molar refractivity (Wildman–Crippen MR) is 134 cm³/mol. The van der Waals surface area contributed by atoms with Gasteiger partial charge < -0.3 is 14.8 Å². The Labute approximate surface area is 210 Å². The van der Waals surface area contributed by atoms with Crippen LogP contribution in [0.1, 0.15) is 43.9 Å². The van der Waals surface area contributed by atoms with Crippen LogP contribution in [0, 0.1) is 3.57 Å². The molecule has 0 saturated carbocycles. The first-order valence-electron chi connectivity index (χ1n) is 11.0. The first kappa shape index (κ1) is 22.5. The summed E-state index contributed by atoms with van der Waals surface area (Å²) in [7, 11) is 0. The van der Waals surface area contributed by atoms with Crippen molar-refractivity contribution >= 4 is 46.0 Å². The molecule has 0 radical (unpaired) electrons. The van der Waals surface area contributed by atoms with E-state index in [1.165, 1.54) is 4.90 Å². The number of carbonyl (C=O) groups is 3. The maximum absolute atomic E-state index is 12.9. The number of nitrogens with zero attached hydrogens (tertiary/aromatic N) is 1. The number of fused-ring (bicyclic) bond motifs is 1. The van der Waals surface area contributed by atoms with Gasteiger partial charge in [-0.2, -0.15) is 0 Å². The SMILES string of the molecule is O=C(Nc1cccc(Oc2ccc3c(c2)C(=O)N(CC2CCCO2)C3=O)c1)c1ccccc1I. The highest BCUT2D eigenvalue weighted by atomic mass is 127. The van der Waals surface area contributed by atoms with Gasteiger partial charge in [-0.1, -0.05) is 18.2 Å². The van der Waals surface area contributed by atoms with Crippen LogP contribution in [0.2, 0.25) is 0 Å². The lowest BCUT2D eigenvalue weighted by Crippen LogP contribution is -2.36. The molecule has 172 valence electrons. The van der Waals surface area contributed by atoms with Crippen molar-refractivity contribution < 1.29 is 23.9 Å². The zero-order valence-electron chi connectivity index (χ0n) is 18.1. The van der Waals surface area contributed by atoms with Crippen LogP contribution in [0.15, 0.2) is 66.7 Å². The second-order valence-corrected chi connectivity index (χ2v) is 9.29. The fourth-order valence-corrected chi connectivity index (χ4v) is 4.74. The first-order valence-corrected chi connectivity index (χ1v) is 12.0. The van der Waals surface area contributed by atoms with E-state index in [2.05, 4.69) is 27.9 Å². The van der Waals surface area contributed by atoms with Gasteiger partial charge in [0, 0.05) is 21.9 Å². The molecule has 3 amide bonds. The summed E-state index contributed by atoms with van der Waals surface area (Å²) in [6.45, 7) is 0.931. The van der Waals surface area contributed by atoms with Gasteiger partial charge in [0.05, 0.1) is 29.3 Å². The number of carbonyl (C=O) groups excluding carboxylic acids is 3. The number of hydrogen-bond acceptors (Lipinski definition) is 5. The average Bonchev–Trinajstić information content (AvgIpc) is 3.42. The van der Waals surface area contributed by atoms with Gasteiger partial charge in [0.2, 0.25) is 0 Å². The minimum Gasteiger partial charge on any atom is -0.457 e. The molecule has 8 heteroatoms. The second kappa shape index (κ2) is 9.55. The van der Waals surface area contributed by atoms with E-state index in [-0.39, 0.29) is 30.4 Å². The Morgan fingerprint density at radius 3 is 2.59 bits per heavy atom. The van der Waals surface area contributed by atoms with Gasteiger partial charge in [-0.25, -0.2) is 0 Å². The average molecular weight is 568 g/mol. The molecule has 34 heavy (non-hydrogen) atoms. The lowest BCUT2D eigenvalue weighted by molar-refractivity contribution is 0.0475. The van der Waals surface area contributed by atoms with Gasteiger partial charge in [0.1, 0.15) is 11.5 Å². The van der Waals surface area contributed by atoms with Crippen molar-refractivity contribution in [2.45, 2.75) is 18.9 Å². The number of hydrogen-bond donors (Lipinski definition) is 1. The summed E-state index contributed by atoms with van der Waals surface area (Å²) in [5.74, 6) is 0.0744. The fraction of sp³-hybridized carbons (Fsp3) is 0.192. The highest BCUT2D eigenvalue weighted by Crippen LogP contribution is 2.31. The molecule has 0 aliphatic carbocycles. The molecular formula is C26H21IN2O5. The van der Waals surface area contributed by atoms with E-state index in [0.717, 1.165) is 16.4 Å². The van der Waals surface area contributed by atoms with Gasteiger partial charge in [-0.15, -0.1) is 0 Å². The Morgan fingerprint density at radius 2 is 1.79 bits per heavy atom. The molecule has 2 heterocycles. The number of anilines is 1. The van der Waals surface area contributed by atoms with Crippen molar-refractivity contribution in [1.82, 2.24) is 4.90 Å². The zero-order valence-corrected chi connectivity index (χ0v) is 20.3. The van der Waals surface area contributed by atoms with Crippen LogP contribution in [0.4, 0.5) is 5.69 Å². The van der Waals surface area contributed by atoms with Crippen LogP contribution in [0.3, 0.4) is 0 Å². The van der Waals surface area contributed by atoms with Crippen LogP contribution in [-0.4, -0.2) is 41.9 Å². The third-order valence-electron chi connectivity index (χ3n) is 5.80. The van der Waals surface area contributed by atoms with Gasteiger partial charge in [0.25, 0.3) is 17.7 Å². The molecular weight excluding hydrogens is 547 g/mol. The standard InChI is InChI=1S/C26H21IN2O5/c27-23-9-2-1-8-21(23)24(30)28-16-5-3-6-17(13-16)34-18-10-11-20-22(14-18)26(32)29(25(20)31)15-19-7-4-12-33-19/h1-3,5-6,8-11,13-14,19H,4,7,12,15H2,(H,28,30). The zero-order chi connectivity index (χ0) is 23.7. The molecule has 2 aliphatic heterocycles. The Balaban J connectivity index is 1.30. The molecule has 1 N–H and O–H groups in total. The van der Waals surface area contributed by atoms with Crippen molar-refractivity contribution in [1.29, 1.82) is 0 Å². The summed E-state index contributed by atoms with van der Waals surface area (Å²) in [5, 5.41) is 2.88. The molecule has 1 unspecified atom stereocenters. The van der Waals surface area contributed by atoms with Crippen LogP contribution < -0.4 is 10.1 Å². The van der Waals surface area contributed by atoms with E-state index < -0.39 is 0 Å². The quantitative estimate of drug-likeness (QED) is 0.330. The Kier molecular flexibility index (Phi) is 6.34. The summed E-state index contributed by atoms with van der Waals surface area (Å²) >= 11 is 2.12. The summed E-state index contributed by atoms with van der Waals surface area (Å²) in [6.07, 6.45) is 1.68. The molecule has 0 bridgehead atoms.